The van der Waals surface area contributed by atoms with Crippen molar-refractivity contribution in [2.75, 3.05) is 6.26 Å². The maximum atomic E-state index is 13.1. The van der Waals surface area contributed by atoms with Crippen LogP contribution in [0.1, 0.15) is 11.3 Å². The summed E-state index contributed by atoms with van der Waals surface area (Å²) < 4.78 is 41.6. The molecule has 0 bridgehead atoms. The zero-order chi connectivity index (χ0) is 19.6. The summed E-state index contributed by atoms with van der Waals surface area (Å²) in [5.74, 6) is 0. The van der Waals surface area contributed by atoms with E-state index in [1.54, 1.807) is 6.26 Å². The lowest BCUT2D eigenvalue weighted by Crippen LogP contribution is -2.19. The smallest absolute Gasteiger partial charge is 0.310 e. The molecule has 27 heavy (non-hydrogen) atoms. The SMILES string of the molecule is CSc1nc(-c2ccc(=O)n(Cc3cccc(Br)c3)c2)cc(C(F)(F)F)n1. The number of hydrogen-bond acceptors (Lipinski definition) is 4. The van der Waals surface area contributed by atoms with E-state index >= 15 is 0 Å². The van der Waals surface area contributed by atoms with Crippen molar-refractivity contribution >= 4 is 27.7 Å². The molecule has 2 aromatic heterocycles. The maximum Gasteiger partial charge on any atom is 0.433 e. The van der Waals surface area contributed by atoms with Gasteiger partial charge in [-0.15, -0.1) is 0 Å². The Bertz CT molecular complexity index is 1040. The fourth-order valence-electron chi connectivity index (χ4n) is 2.45. The molecular formula is C18H13BrF3N3OS. The van der Waals surface area contributed by atoms with Gasteiger partial charge in [0, 0.05) is 22.3 Å². The van der Waals surface area contributed by atoms with Gasteiger partial charge in [0.05, 0.1) is 12.2 Å². The van der Waals surface area contributed by atoms with Crippen molar-refractivity contribution in [2.24, 2.45) is 0 Å². The Kier molecular flexibility index (Phi) is 5.71. The molecule has 0 aliphatic heterocycles. The van der Waals surface area contributed by atoms with Gasteiger partial charge in [-0.05, 0) is 36.1 Å². The molecule has 0 aliphatic carbocycles. The largest absolute Gasteiger partial charge is 0.433 e. The second-order valence-corrected chi connectivity index (χ2v) is 7.33. The van der Waals surface area contributed by atoms with Gasteiger partial charge in [0.1, 0.15) is 5.69 Å². The Morgan fingerprint density at radius 3 is 2.59 bits per heavy atom. The average Bonchev–Trinajstić information content (AvgIpc) is 2.62. The predicted octanol–water partition coefficient (Wildman–Crippen LogP) is 4.86. The van der Waals surface area contributed by atoms with Crippen molar-refractivity contribution in [1.82, 2.24) is 14.5 Å². The van der Waals surface area contributed by atoms with Crippen LogP contribution in [0, 0.1) is 0 Å². The lowest BCUT2D eigenvalue weighted by Gasteiger charge is -2.11. The molecule has 0 aliphatic rings. The summed E-state index contributed by atoms with van der Waals surface area (Å²) in [6.07, 6.45) is -1.46. The monoisotopic (exact) mass is 455 g/mol. The highest BCUT2D eigenvalue weighted by molar-refractivity contribution is 9.10. The van der Waals surface area contributed by atoms with Crippen molar-refractivity contribution in [3.8, 4) is 11.3 Å². The number of halogens is 4. The Hall–Kier alpha value is -2.13. The van der Waals surface area contributed by atoms with Gasteiger partial charge in [0.25, 0.3) is 5.56 Å². The highest BCUT2D eigenvalue weighted by atomic mass is 79.9. The molecular weight excluding hydrogens is 443 g/mol. The molecule has 0 radical (unpaired) electrons. The molecule has 4 nitrogen and oxygen atoms in total. The zero-order valence-electron chi connectivity index (χ0n) is 14.0. The molecule has 0 saturated carbocycles. The highest BCUT2D eigenvalue weighted by Gasteiger charge is 2.33. The molecule has 0 atom stereocenters. The number of thioether (sulfide) groups is 1. The minimum Gasteiger partial charge on any atom is -0.310 e. The van der Waals surface area contributed by atoms with Crippen LogP contribution in [0.15, 0.2) is 63.1 Å². The fourth-order valence-corrected chi connectivity index (χ4v) is 3.27. The fraction of sp³-hybridized carbons (Fsp3) is 0.167. The van der Waals surface area contributed by atoms with Gasteiger partial charge in [-0.3, -0.25) is 4.79 Å². The van der Waals surface area contributed by atoms with Gasteiger partial charge in [-0.2, -0.15) is 13.2 Å². The molecule has 0 saturated heterocycles. The highest BCUT2D eigenvalue weighted by Crippen LogP contribution is 2.31. The molecule has 140 valence electrons. The molecule has 0 fully saturated rings. The standard InChI is InChI=1S/C18H13BrF3N3OS/c1-27-17-23-14(8-15(24-17)18(20,21)22)12-5-6-16(26)25(10-12)9-11-3-2-4-13(19)7-11/h2-8,10H,9H2,1H3. The van der Waals surface area contributed by atoms with Crippen LogP contribution in [0.25, 0.3) is 11.3 Å². The topological polar surface area (TPSA) is 47.8 Å². The van der Waals surface area contributed by atoms with Crippen LogP contribution in [0.3, 0.4) is 0 Å². The Morgan fingerprint density at radius 2 is 1.93 bits per heavy atom. The summed E-state index contributed by atoms with van der Waals surface area (Å²) in [5.41, 5.74) is 0.139. The Balaban J connectivity index is 2.04. The van der Waals surface area contributed by atoms with Crippen molar-refractivity contribution in [3.05, 3.63) is 74.7 Å². The summed E-state index contributed by atoms with van der Waals surface area (Å²) in [4.78, 5) is 19.9. The number of alkyl halides is 3. The number of hydrogen-bond donors (Lipinski definition) is 0. The second kappa shape index (κ2) is 7.85. The third kappa shape index (κ3) is 4.78. The van der Waals surface area contributed by atoms with Crippen LogP contribution >= 0.6 is 27.7 Å². The van der Waals surface area contributed by atoms with Gasteiger partial charge < -0.3 is 4.57 Å². The maximum absolute atomic E-state index is 13.1. The zero-order valence-corrected chi connectivity index (χ0v) is 16.4. The number of nitrogens with zero attached hydrogens (tertiary/aromatic N) is 3. The van der Waals surface area contributed by atoms with Crippen molar-refractivity contribution in [1.29, 1.82) is 0 Å². The normalized spacial score (nSPS) is 11.6. The van der Waals surface area contributed by atoms with E-state index in [-0.39, 0.29) is 16.4 Å². The summed E-state index contributed by atoms with van der Waals surface area (Å²) in [5, 5.41) is 0.0181. The second-order valence-electron chi connectivity index (χ2n) is 5.64. The average molecular weight is 456 g/mol. The quantitative estimate of drug-likeness (QED) is 0.416. The van der Waals surface area contributed by atoms with Gasteiger partial charge in [-0.25, -0.2) is 9.97 Å². The first-order chi connectivity index (χ1) is 12.8. The van der Waals surface area contributed by atoms with Crippen LogP contribution in [-0.2, 0) is 12.7 Å². The molecule has 3 aromatic rings. The summed E-state index contributed by atoms with van der Waals surface area (Å²) in [6.45, 7) is 0.290. The van der Waals surface area contributed by atoms with E-state index in [1.165, 1.54) is 22.9 Å². The van der Waals surface area contributed by atoms with E-state index in [1.807, 2.05) is 24.3 Å². The van der Waals surface area contributed by atoms with Crippen LogP contribution in [-0.4, -0.2) is 20.8 Å². The van der Waals surface area contributed by atoms with Crippen molar-refractivity contribution in [2.45, 2.75) is 17.9 Å². The van der Waals surface area contributed by atoms with Crippen molar-refractivity contribution in [3.63, 3.8) is 0 Å². The lowest BCUT2D eigenvalue weighted by molar-refractivity contribution is -0.141. The van der Waals surface area contributed by atoms with E-state index in [4.69, 9.17) is 0 Å². The number of pyridine rings is 1. The molecule has 3 rings (SSSR count). The molecule has 0 spiro atoms. The third-order valence-corrected chi connectivity index (χ3v) is 4.74. The van der Waals surface area contributed by atoms with E-state index in [9.17, 15) is 18.0 Å². The van der Waals surface area contributed by atoms with Crippen LogP contribution in [0.5, 0.6) is 0 Å². The van der Waals surface area contributed by atoms with E-state index in [0.29, 0.717) is 12.1 Å². The van der Waals surface area contributed by atoms with Gasteiger partial charge in [0.2, 0.25) is 0 Å². The number of benzene rings is 1. The van der Waals surface area contributed by atoms with E-state index in [0.717, 1.165) is 27.9 Å². The number of rotatable bonds is 4. The Morgan fingerprint density at radius 1 is 1.15 bits per heavy atom. The predicted molar refractivity (Wildman–Crippen MR) is 102 cm³/mol. The molecule has 1 aromatic carbocycles. The van der Waals surface area contributed by atoms with Crippen molar-refractivity contribution < 1.29 is 13.2 Å². The molecule has 0 amide bonds. The first-order valence-corrected chi connectivity index (χ1v) is 9.73. The van der Waals surface area contributed by atoms with E-state index < -0.39 is 11.9 Å². The first kappa shape index (κ1) is 19.6. The minimum absolute atomic E-state index is 0.0181. The van der Waals surface area contributed by atoms with Crippen LogP contribution < -0.4 is 5.56 Å². The Labute approximate surface area is 165 Å². The summed E-state index contributed by atoms with van der Waals surface area (Å²) in [6, 6.07) is 11.1. The molecule has 9 heteroatoms. The molecule has 0 unspecified atom stereocenters. The molecule has 0 N–H and O–H groups in total. The van der Waals surface area contributed by atoms with E-state index in [2.05, 4.69) is 25.9 Å². The minimum atomic E-state index is -4.58. The van der Waals surface area contributed by atoms with Crippen LogP contribution in [0.4, 0.5) is 13.2 Å². The summed E-state index contributed by atoms with van der Waals surface area (Å²) >= 11 is 4.40. The number of aromatic nitrogens is 3. The molecule has 2 heterocycles. The third-order valence-electron chi connectivity index (χ3n) is 3.70. The first-order valence-electron chi connectivity index (χ1n) is 7.72. The van der Waals surface area contributed by atoms with Gasteiger partial charge in [-0.1, -0.05) is 39.8 Å². The lowest BCUT2D eigenvalue weighted by atomic mass is 10.1. The summed E-state index contributed by atoms with van der Waals surface area (Å²) in [7, 11) is 0. The van der Waals surface area contributed by atoms with Gasteiger partial charge >= 0.3 is 6.18 Å². The van der Waals surface area contributed by atoms with Gasteiger partial charge in [0.15, 0.2) is 5.16 Å². The van der Waals surface area contributed by atoms with Crippen LogP contribution in [0.2, 0.25) is 0 Å².